The molecule has 1 fully saturated rings. The summed E-state index contributed by atoms with van der Waals surface area (Å²) >= 11 is 0. The normalized spacial score (nSPS) is 17.2. The molecule has 1 saturated heterocycles. The summed E-state index contributed by atoms with van der Waals surface area (Å²) in [5, 5.41) is 3.12. The number of carbonyl (C=O) groups is 1. The number of rotatable bonds is 5. The van der Waals surface area contributed by atoms with E-state index in [1.165, 1.54) is 17.7 Å². The maximum absolute atomic E-state index is 13.3. The molecule has 0 saturated carbocycles. The molecule has 1 aromatic carbocycles. The number of likely N-dealkylation sites (tertiary alicyclic amines) is 1. The second-order valence-electron chi connectivity index (χ2n) is 6.69. The third-order valence-electron chi connectivity index (χ3n) is 4.83. The van der Waals surface area contributed by atoms with E-state index < -0.39 is 0 Å². The molecule has 1 aliphatic rings. The number of benzene rings is 1. The zero-order valence-corrected chi connectivity index (χ0v) is 14.5. The van der Waals surface area contributed by atoms with Crippen LogP contribution in [0.2, 0.25) is 0 Å². The van der Waals surface area contributed by atoms with Gasteiger partial charge in [-0.25, -0.2) is 4.39 Å². The Bertz CT molecular complexity index is 699. The Morgan fingerprint density at radius 2 is 2.00 bits per heavy atom. The van der Waals surface area contributed by atoms with E-state index in [9.17, 15) is 9.18 Å². The van der Waals surface area contributed by atoms with Gasteiger partial charge < -0.3 is 5.32 Å². The van der Waals surface area contributed by atoms with Crippen molar-refractivity contribution < 1.29 is 9.18 Å². The summed E-state index contributed by atoms with van der Waals surface area (Å²) < 4.78 is 13.3. The maximum Gasteiger partial charge on any atom is 0.227 e. The maximum atomic E-state index is 13.3. The SMILES string of the molecule is CC(C(=O)NC1CCN(Cc2ccncc2)CC1)c1cccc(F)c1. The van der Waals surface area contributed by atoms with Crippen LogP contribution in [0.1, 0.15) is 36.8 Å². The molecule has 4 nitrogen and oxygen atoms in total. The molecule has 132 valence electrons. The predicted molar refractivity (Wildman–Crippen MR) is 95.5 cm³/mol. The van der Waals surface area contributed by atoms with Crippen molar-refractivity contribution in [2.45, 2.75) is 38.3 Å². The van der Waals surface area contributed by atoms with Crippen molar-refractivity contribution in [1.82, 2.24) is 15.2 Å². The quantitative estimate of drug-likeness (QED) is 0.909. The fourth-order valence-corrected chi connectivity index (χ4v) is 3.24. The van der Waals surface area contributed by atoms with Gasteiger partial charge in [-0.15, -0.1) is 0 Å². The molecule has 1 unspecified atom stereocenters. The number of piperidine rings is 1. The van der Waals surface area contributed by atoms with Crippen molar-refractivity contribution in [3.8, 4) is 0 Å². The van der Waals surface area contributed by atoms with Crippen LogP contribution >= 0.6 is 0 Å². The lowest BCUT2D eigenvalue weighted by Crippen LogP contribution is -2.45. The lowest BCUT2D eigenvalue weighted by atomic mass is 9.98. The van der Waals surface area contributed by atoms with Crippen LogP contribution in [0.15, 0.2) is 48.8 Å². The molecule has 1 atom stereocenters. The van der Waals surface area contributed by atoms with Crippen molar-refractivity contribution in [2.75, 3.05) is 13.1 Å². The minimum atomic E-state index is -0.342. The second-order valence-corrected chi connectivity index (χ2v) is 6.69. The number of hydrogen-bond donors (Lipinski definition) is 1. The fraction of sp³-hybridized carbons (Fsp3) is 0.400. The van der Waals surface area contributed by atoms with Crippen molar-refractivity contribution in [3.63, 3.8) is 0 Å². The summed E-state index contributed by atoms with van der Waals surface area (Å²) in [6.07, 6.45) is 5.51. The Kier molecular flexibility index (Phi) is 5.76. The van der Waals surface area contributed by atoms with Crippen molar-refractivity contribution in [2.24, 2.45) is 0 Å². The Labute approximate surface area is 148 Å². The van der Waals surface area contributed by atoms with Gasteiger partial charge in [-0.05, 0) is 55.2 Å². The van der Waals surface area contributed by atoms with Gasteiger partial charge in [-0.1, -0.05) is 12.1 Å². The summed E-state index contributed by atoms with van der Waals surface area (Å²) in [5.41, 5.74) is 1.98. The molecule has 1 amide bonds. The van der Waals surface area contributed by atoms with E-state index in [-0.39, 0.29) is 23.7 Å². The predicted octanol–water partition coefficient (Wildman–Crippen LogP) is 3.11. The summed E-state index contributed by atoms with van der Waals surface area (Å²) in [6, 6.07) is 10.5. The number of carbonyl (C=O) groups excluding carboxylic acids is 1. The average molecular weight is 341 g/mol. The second kappa shape index (κ2) is 8.21. The van der Waals surface area contributed by atoms with E-state index in [1.54, 1.807) is 12.1 Å². The first-order chi connectivity index (χ1) is 12.1. The number of pyridine rings is 1. The third-order valence-corrected chi connectivity index (χ3v) is 4.83. The van der Waals surface area contributed by atoms with Crippen LogP contribution in [-0.2, 0) is 11.3 Å². The van der Waals surface area contributed by atoms with Crippen molar-refractivity contribution in [1.29, 1.82) is 0 Å². The van der Waals surface area contributed by atoms with E-state index in [2.05, 4.69) is 15.2 Å². The molecule has 25 heavy (non-hydrogen) atoms. The largest absolute Gasteiger partial charge is 0.353 e. The van der Waals surface area contributed by atoms with Gasteiger partial charge in [0.05, 0.1) is 5.92 Å². The monoisotopic (exact) mass is 341 g/mol. The highest BCUT2D eigenvalue weighted by molar-refractivity contribution is 5.83. The number of nitrogens with zero attached hydrogens (tertiary/aromatic N) is 2. The molecule has 1 N–H and O–H groups in total. The molecule has 2 heterocycles. The van der Waals surface area contributed by atoms with Crippen LogP contribution in [0, 0.1) is 5.82 Å². The molecule has 0 spiro atoms. The first-order valence-electron chi connectivity index (χ1n) is 8.79. The average Bonchev–Trinajstić information content (AvgIpc) is 2.63. The molecule has 1 aliphatic heterocycles. The highest BCUT2D eigenvalue weighted by atomic mass is 19.1. The third kappa shape index (κ3) is 4.86. The number of amides is 1. The standard InChI is InChI=1S/C20H24FN3O/c1-15(17-3-2-4-18(21)13-17)20(25)23-19-7-11-24(12-8-19)14-16-5-9-22-10-6-16/h2-6,9-10,13,15,19H,7-8,11-12,14H2,1H3,(H,23,25). The zero-order valence-electron chi connectivity index (χ0n) is 14.5. The van der Waals surface area contributed by atoms with Gasteiger partial charge in [0.25, 0.3) is 0 Å². The number of halogens is 1. The fourth-order valence-electron chi connectivity index (χ4n) is 3.24. The number of hydrogen-bond acceptors (Lipinski definition) is 3. The lowest BCUT2D eigenvalue weighted by Gasteiger charge is -2.32. The van der Waals surface area contributed by atoms with Crippen LogP contribution in [0.3, 0.4) is 0 Å². The summed E-state index contributed by atoms with van der Waals surface area (Å²) in [6.45, 7) is 4.66. The van der Waals surface area contributed by atoms with E-state index in [0.29, 0.717) is 5.56 Å². The lowest BCUT2D eigenvalue weighted by molar-refractivity contribution is -0.123. The number of aromatic nitrogens is 1. The van der Waals surface area contributed by atoms with Gasteiger partial charge in [0, 0.05) is 38.1 Å². The van der Waals surface area contributed by atoms with E-state index in [1.807, 2.05) is 31.5 Å². The van der Waals surface area contributed by atoms with Crippen LogP contribution in [0.25, 0.3) is 0 Å². The Hall–Kier alpha value is -2.27. The van der Waals surface area contributed by atoms with Crippen LogP contribution in [-0.4, -0.2) is 34.9 Å². The minimum absolute atomic E-state index is 0.0295. The molecule has 0 radical (unpaired) electrons. The topological polar surface area (TPSA) is 45.2 Å². The van der Waals surface area contributed by atoms with E-state index >= 15 is 0 Å². The minimum Gasteiger partial charge on any atom is -0.353 e. The molecule has 0 aliphatic carbocycles. The Balaban J connectivity index is 1.47. The van der Waals surface area contributed by atoms with Crippen LogP contribution < -0.4 is 5.32 Å². The van der Waals surface area contributed by atoms with Crippen molar-refractivity contribution in [3.05, 3.63) is 65.7 Å². The summed E-state index contributed by atoms with van der Waals surface area (Å²) in [7, 11) is 0. The van der Waals surface area contributed by atoms with Crippen molar-refractivity contribution >= 4 is 5.91 Å². The van der Waals surface area contributed by atoms with E-state index in [4.69, 9.17) is 0 Å². The summed E-state index contributed by atoms with van der Waals surface area (Å²) in [5.74, 6) is -0.676. The van der Waals surface area contributed by atoms with Crippen LogP contribution in [0.5, 0.6) is 0 Å². The first kappa shape index (κ1) is 17.5. The highest BCUT2D eigenvalue weighted by Crippen LogP contribution is 2.18. The van der Waals surface area contributed by atoms with Crippen LogP contribution in [0.4, 0.5) is 4.39 Å². The Morgan fingerprint density at radius 1 is 1.28 bits per heavy atom. The smallest absolute Gasteiger partial charge is 0.227 e. The van der Waals surface area contributed by atoms with Gasteiger partial charge in [0.1, 0.15) is 5.82 Å². The van der Waals surface area contributed by atoms with E-state index in [0.717, 1.165) is 32.5 Å². The highest BCUT2D eigenvalue weighted by Gasteiger charge is 2.23. The van der Waals surface area contributed by atoms with Gasteiger partial charge in [0.15, 0.2) is 0 Å². The molecular weight excluding hydrogens is 317 g/mol. The van der Waals surface area contributed by atoms with Gasteiger partial charge in [-0.3, -0.25) is 14.7 Å². The van der Waals surface area contributed by atoms with Gasteiger partial charge in [-0.2, -0.15) is 0 Å². The van der Waals surface area contributed by atoms with Gasteiger partial charge >= 0.3 is 0 Å². The Morgan fingerprint density at radius 3 is 2.68 bits per heavy atom. The molecule has 5 heteroatoms. The zero-order chi connectivity index (χ0) is 17.6. The van der Waals surface area contributed by atoms with Gasteiger partial charge in [0.2, 0.25) is 5.91 Å². The molecular formula is C20H24FN3O. The molecule has 2 aromatic rings. The number of nitrogens with one attached hydrogen (secondary N) is 1. The first-order valence-corrected chi connectivity index (χ1v) is 8.79. The molecule has 1 aromatic heterocycles. The molecule has 0 bridgehead atoms. The molecule has 3 rings (SSSR count). The summed E-state index contributed by atoms with van der Waals surface area (Å²) in [4.78, 5) is 18.9.